The minimum absolute atomic E-state index is 0.292. The van der Waals surface area contributed by atoms with Gasteiger partial charge in [-0.15, -0.1) is 0 Å². The summed E-state index contributed by atoms with van der Waals surface area (Å²) in [6, 6.07) is 7.03. The average Bonchev–Trinajstić information content (AvgIpc) is 3.08. The fourth-order valence-electron chi connectivity index (χ4n) is 2.95. The quantitative estimate of drug-likeness (QED) is 0.847. The molecule has 2 aliphatic heterocycles. The summed E-state index contributed by atoms with van der Waals surface area (Å²) >= 11 is 0. The van der Waals surface area contributed by atoms with Crippen molar-refractivity contribution < 1.29 is 23.9 Å². The fraction of sp³-hybridized carbons (Fsp3) is 0.471. The van der Waals surface area contributed by atoms with Gasteiger partial charge in [-0.3, -0.25) is 14.5 Å². The van der Waals surface area contributed by atoms with E-state index in [9.17, 15) is 14.4 Å². The number of para-hydroxylation sites is 2. The maximum absolute atomic E-state index is 12.7. The van der Waals surface area contributed by atoms with Gasteiger partial charge in [0, 0.05) is 6.61 Å². The Morgan fingerprint density at radius 1 is 1.38 bits per heavy atom. The Balaban J connectivity index is 1.77. The Hall–Kier alpha value is -2.41. The molecule has 128 valence electrons. The van der Waals surface area contributed by atoms with Crippen LogP contribution < -0.4 is 10.2 Å². The van der Waals surface area contributed by atoms with Crippen molar-refractivity contribution in [3.8, 4) is 0 Å². The number of anilines is 2. The summed E-state index contributed by atoms with van der Waals surface area (Å²) in [7, 11) is 0. The number of hydrogen-bond donors (Lipinski definition) is 1. The van der Waals surface area contributed by atoms with E-state index in [1.54, 1.807) is 38.1 Å². The standard InChI is InChI=1S/C17H20N2O5/c1-17(2)16(22)18-11-6-3-4-7-12(11)19(17)14(20)10-24-15(21)13-8-5-9-23-13/h3-4,6-7,13H,5,8-10H2,1-2H3,(H,18,22)/t13-/m1/s1. The molecule has 0 aromatic heterocycles. The molecule has 7 heteroatoms. The lowest BCUT2D eigenvalue weighted by Crippen LogP contribution is -2.59. The second-order valence-corrected chi connectivity index (χ2v) is 6.37. The van der Waals surface area contributed by atoms with Gasteiger partial charge in [0.1, 0.15) is 5.54 Å². The van der Waals surface area contributed by atoms with Crippen molar-refractivity contribution in [1.29, 1.82) is 0 Å². The van der Waals surface area contributed by atoms with Gasteiger partial charge in [-0.25, -0.2) is 4.79 Å². The zero-order valence-electron chi connectivity index (χ0n) is 13.7. The Labute approximate surface area is 139 Å². The van der Waals surface area contributed by atoms with E-state index in [0.29, 0.717) is 24.4 Å². The minimum Gasteiger partial charge on any atom is -0.454 e. The van der Waals surface area contributed by atoms with Gasteiger partial charge in [0.15, 0.2) is 12.7 Å². The normalized spacial score (nSPS) is 21.8. The highest BCUT2D eigenvalue weighted by Crippen LogP contribution is 2.36. The lowest BCUT2D eigenvalue weighted by molar-refractivity contribution is -0.157. The monoisotopic (exact) mass is 332 g/mol. The van der Waals surface area contributed by atoms with Crippen molar-refractivity contribution in [1.82, 2.24) is 0 Å². The van der Waals surface area contributed by atoms with E-state index in [1.165, 1.54) is 4.90 Å². The summed E-state index contributed by atoms with van der Waals surface area (Å²) in [5.74, 6) is -1.28. The van der Waals surface area contributed by atoms with Crippen molar-refractivity contribution in [2.75, 3.05) is 23.4 Å². The number of benzene rings is 1. The molecule has 0 spiro atoms. The first kappa shape index (κ1) is 16.4. The molecule has 0 radical (unpaired) electrons. The number of nitrogens with zero attached hydrogens (tertiary/aromatic N) is 1. The molecule has 0 unspecified atom stereocenters. The van der Waals surface area contributed by atoms with Gasteiger partial charge in [-0.1, -0.05) is 12.1 Å². The molecule has 1 saturated heterocycles. The van der Waals surface area contributed by atoms with E-state index in [0.717, 1.165) is 6.42 Å². The molecule has 1 aromatic rings. The Bertz CT molecular complexity index is 679. The van der Waals surface area contributed by atoms with Gasteiger partial charge < -0.3 is 14.8 Å². The van der Waals surface area contributed by atoms with Gasteiger partial charge in [0.2, 0.25) is 5.91 Å². The van der Waals surface area contributed by atoms with E-state index in [1.807, 2.05) is 0 Å². The number of esters is 1. The first-order chi connectivity index (χ1) is 11.4. The third-order valence-corrected chi connectivity index (χ3v) is 4.29. The average molecular weight is 332 g/mol. The predicted octanol–water partition coefficient (Wildman–Crippen LogP) is 1.47. The van der Waals surface area contributed by atoms with Crippen LogP contribution in [0.25, 0.3) is 0 Å². The molecular weight excluding hydrogens is 312 g/mol. The molecule has 1 aromatic carbocycles. The molecule has 1 N–H and O–H groups in total. The molecule has 2 amide bonds. The van der Waals surface area contributed by atoms with Crippen molar-refractivity contribution in [3.05, 3.63) is 24.3 Å². The predicted molar refractivity (Wildman–Crippen MR) is 86.6 cm³/mol. The van der Waals surface area contributed by atoms with Crippen LogP contribution in [0.2, 0.25) is 0 Å². The third kappa shape index (κ3) is 2.87. The summed E-state index contributed by atoms with van der Waals surface area (Å²) in [5, 5.41) is 2.78. The molecule has 7 nitrogen and oxygen atoms in total. The van der Waals surface area contributed by atoms with Gasteiger partial charge in [-0.2, -0.15) is 0 Å². The van der Waals surface area contributed by atoms with Crippen LogP contribution in [0.3, 0.4) is 0 Å². The fourth-order valence-corrected chi connectivity index (χ4v) is 2.95. The van der Waals surface area contributed by atoms with Crippen molar-refractivity contribution >= 4 is 29.2 Å². The zero-order valence-corrected chi connectivity index (χ0v) is 13.7. The first-order valence-corrected chi connectivity index (χ1v) is 7.93. The van der Waals surface area contributed by atoms with Crippen LogP contribution in [-0.2, 0) is 23.9 Å². The molecular formula is C17H20N2O5. The van der Waals surface area contributed by atoms with Crippen molar-refractivity contribution in [3.63, 3.8) is 0 Å². The van der Waals surface area contributed by atoms with Crippen LogP contribution in [0.5, 0.6) is 0 Å². The molecule has 0 bridgehead atoms. The molecule has 2 heterocycles. The van der Waals surface area contributed by atoms with Crippen LogP contribution >= 0.6 is 0 Å². The molecule has 0 saturated carbocycles. The van der Waals surface area contributed by atoms with Gasteiger partial charge in [-0.05, 0) is 38.8 Å². The highest BCUT2D eigenvalue weighted by molar-refractivity contribution is 6.14. The number of fused-ring (bicyclic) bond motifs is 1. The lowest BCUT2D eigenvalue weighted by Gasteiger charge is -2.41. The highest BCUT2D eigenvalue weighted by atomic mass is 16.6. The van der Waals surface area contributed by atoms with Crippen LogP contribution in [-0.4, -0.2) is 42.6 Å². The molecule has 1 atom stereocenters. The molecule has 3 rings (SSSR count). The molecule has 1 fully saturated rings. The summed E-state index contributed by atoms with van der Waals surface area (Å²) in [4.78, 5) is 38.3. The molecule has 24 heavy (non-hydrogen) atoms. The van der Waals surface area contributed by atoms with Crippen LogP contribution in [0.1, 0.15) is 26.7 Å². The van der Waals surface area contributed by atoms with Gasteiger partial charge in [0.25, 0.3) is 5.91 Å². The summed E-state index contributed by atoms with van der Waals surface area (Å²) in [6.45, 7) is 3.40. The number of amides is 2. The summed E-state index contributed by atoms with van der Waals surface area (Å²) < 4.78 is 10.3. The van der Waals surface area contributed by atoms with E-state index >= 15 is 0 Å². The molecule has 2 aliphatic rings. The largest absolute Gasteiger partial charge is 0.454 e. The number of hydrogen-bond acceptors (Lipinski definition) is 5. The van der Waals surface area contributed by atoms with E-state index in [-0.39, 0.29) is 5.91 Å². The lowest BCUT2D eigenvalue weighted by atomic mass is 9.96. The van der Waals surface area contributed by atoms with E-state index < -0.39 is 30.1 Å². The topological polar surface area (TPSA) is 84.9 Å². The van der Waals surface area contributed by atoms with Gasteiger partial charge in [0.05, 0.1) is 11.4 Å². The Morgan fingerprint density at radius 3 is 2.83 bits per heavy atom. The third-order valence-electron chi connectivity index (χ3n) is 4.29. The van der Waals surface area contributed by atoms with Crippen LogP contribution in [0.4, 0.5) is 11.4 Å². The van der Waals surface area contributed by atoms with E-state index in [2.05, 4.69) is 5.32 Å². The second kappa shape index (κ2) is 6.24. The number of carbonyl (C=O) groups excluding carboxylic acids is 3. The number of nitrogens with one attached hydrogen (secondary N) is 1. The summed E-state index contributed by atoms with van der Waals surface area (Å²) in [6.07, 6.45) is 0.816. The zero-order chi connectivity index (χ0) is 17.3. The first-order valence-electron chi connectivity index (χ1n) is 7.93. The van der Waals surface area contributed by atoms with Crippen molar-refractivity contribution in [2.24, 2.45) is 0 Å². The number of ether oxygens (including phenoxy) is 2. The minimum atomic E-state index is -1.08. The maximum atomic E-state index is 12.7. The number of rotatable bonds is 3. The Morgan fingerprint density at radius 2 is 2.12 bits per heavy atom. The molecule has 0 aliphatic carbocycles. The Kier molecular flexibility index (Phi) is 4.28. The summed E-state index contributed by atoms with van der Waals surface area (Å²) in [5.41, 5.74) is 0.0581. The SMILES string of the molecule is CC1(C)C(=O)Nc2ccccc2N1C(=O)COC(=O)[C@H]1CCCO1. The van der Waals surface area contributed by atoms with Crippen LogP contribution in [0.15, 0.2) is 24.3 Å². The van der Waals surface area contributed by atoms with E-state index in [4.69, 9.17) is 9.47 Å². The maximum Gasteiger partial charge on any atom is 0.335 e. The highest BCUT2D eigenvalue weighted by Gasteiger charge is 2.43. The van der Waals surface area contributed by atoms with Crippen LogP contribution in [0, 0.1) is 0 Å². The second-order valence-electron chi connectivity index (χ2n) is 6.37. The van der Waals surface area contributed by atoms with Gasteiger partial charge >= 0.3 is 5.97 Å². The smallest absolute Gasteiger partial charge is 0.335 e. The van der Waals surface area contributed by atoms with Crippen molar-refractivity contribution in [2.45, 2.75) is 38.3 Å². The number of carbonyl (C=O) groups is 3.